The van der Waals surface area contributed by atoms with E-state index in [1.54, 1.807) is 43.4 Å². The Labute approximate surface area is 289 Å². The second kappa shape index (κ2) is 17.1. The van der Waals surface area contributed by atoms with E-state index in [1.807, 2.05) is 78.9 Å². The summed E-state index contributed by atoms with van der Waals surface area (Å²) in [7, 11) is -0.339. The number of nitrogens with one attached hydrogen (secondary N) is 1. The molecule has 258 valence electrons. The van der Waals surface area contributed by atoms with Gasteiger partial charge in [0.25, 0.3) is 0 Å². The van der Waals surface area contributed by atoms with E-state index in [2.05, 4.69) is 5.32 Å². The lowest BCUT2D eigenvalue weighted by Gasteiger charge is -2.32. The molecule has 0 radical (unpaired) electrons. The summed E-state index contributed by atoms with van der Waals surface area (Å²) in [4.78, 5) is 30.1. The highest BCUT2D eigenvalue weighted by atomic mass is 32.2. The minimum absolute atomic E-state index is 0.159. The van der Waals surface area contributed by atoms with Crippen molar-refractivity contribution in [3.05, 3.63) is 125 Å². The lowest BCUT2D eigenvalue weighted by molar-refractivity contribution is -0.141. The Hall–Kier alpha value is -4.67. The van der Waals surface area contributed by atoms with Crippen molar-refractivity contribution in [2.45, 2.75) is 56.0 Å². The molecule has 9 nitrogen and oxygen atoms in total. The number of methoxy groups -OCH3 is 2. The number of carbonyl (C=O) groups is 2. The van der Waals surface area contributed by atoms with Gasteiger partial charge in [-0.1, -0.05) is 78.9 Å². The van der Waals surface area contributed by atoms with E-state index in [0.29, 0.717) is 50.4 Å². The summed E-state index contributed by atoms with van der Waals surface area (Å²) in [6, 6.07) is 31.1. The van der Waals surface area contributed by atoms with Gasteiger partial charge in [-0.15, -0.1) is 0 Å². The third-order valence-corrected chi connectivity index (χ3v) is 10.8. The lowest BCUT2D eigenvalue weighted by atomic mass is 10.0. The molecule has 0 spiro atoms. The lowest BCUT2D eigenvalue weighted by Crippen LogP contribution is -2.50. The largest absolute Gasteiger partial charge is 0.493 e. The van der Waals surface area contributed by atoms with Crippen LogP contribution in [0, 0.1) is 0 Å². The van der Waals surface area contributed by atoms with E-state index in [9.17, 15) is 18.0 Å². The van der Waals surface area contributed by atoms with Crippen LogP contribution < -0.4 is 14.8 Å². The Kier molecular flexibility index (Phi) is 12.5. The zero-order valence-electron chi connectivity index (χ0n) is 28.2. The smallest absolute Gasteiger partial charge is 0.243 e. The normalized spacial score (nSPS) is 13.8. The molecule has 1 heterocycles. The molecule has 5 rings (SSSR count). The molecule has 1 saturated heterocycles. The molecule has 0 aliphatic carbocycles. The van der Waals surface area contributed by atoms with Crippen LogP contribution in [0.2, 0.25) is 0 Å². The number of benzene rings is 4. The number of carbonyl (C=O) groups excluding carboxylic acids is 2. The van der Waals surface area contributed by atoms with Gasteiger partial charge in [0.1, 0.15) is 6.04 Å². The molecule has 49 heavy (non-hydrogen) atoms. The van der Waals surface area contributed by atoms with Crippen LogP contribution in [0.4, 0.5) is 0 Å². The molecule has 4 aromatic rings. The summed E-state index contributed by atoms with van der Waals surface area (Å²) >= 11 is 0. The van der Waals surface area contributed by atoms with Gasteiger partial charge in [0.15, 0.2) is 11.5 Å². The van der Waals surface area contributed by atoms with Crippen LogP contribution in [0.5, 0.6) is 11.5 Å². The van der Waals surface area contributed by atoms with Gasteiger partial charge in [0.2, 0.25) is 21.8 Å². The highest BCUT2D eigenvalue weighted by molar-refractivity contribution is 7.89. The summed E-state index contributed by atoms with van der Waals surface area (Å²) in [6.45, 7) is 1.74. The summed E-state index contributed by atoms with van der Waals surface area (Å²) in [5.41, 5.74) is 3.70. The third kappa shape index (κ3) is 9.49. The van der Waals surface area contributed by atoms with E-state index in [1.165, 1.54) is 4.31 Å². The van der Waals surface area contributed by atoms with Crippen molar-refractivity contribution >= 4 is 21.8 Å². The Morgan fingerprint density at radius 1 is 0.755 bits per heavy atom. The fraction of sp³-hybridized carbons (Fsp3) is 0.333. The van der Waals surface area contributed by atoms with Gasteiger partial charge < -0.3 is 19.7 Å². The van der Waals surface area contributed by atoms with Gasteiger partial charge in [-0.3, -0.25) is 9.59 Å². The molecule has 0 saturated carbocycles. The highest BCUT2D eigenvalue weighted by Gasteiger charge is 2.31. The maximum Gasteiger partial charge on any atom is 0.243 e. The summed E-state index contributed by atoms with van der Waals surface area (Å²) < 4.78 is 38.3. The number of amides is 2. The van der Waals surface area contributed by atoms with Gasteiger partial charge in [0.05, 0.1) is 19.1 Å². The number of sulfonamides is 1. The molecule has 0 aromatic heterocycles. The number of hydrogen-bond donors (Lipinski definition) is 1. The van der Waals surface area contributed by atoms with E-state index >= 15 is 0 Å². The van der Waals surface area contributed by atoms with Crippen LogP contribution >= 0.6 is 0 Å². The zero-order valence-corrected chi connectivity index (χ0v) is 29.0. The molecule has 1 fully saturated rings. The van der Waals surface area contributed by atoms with E-state index < -0.39 is 16.1 Å². The number of nitrogens with zero attached hydrogens (tertiary/aromatic N) is 2. The molecule has 0 bridgehead atoms. The number of aryl methyl sites for hydroxylation is 1. The quantitative estimate of drug-likeness (QED) is 0.169. The minimum Gasteiger partial charge on any atom is -0.493 e. The van der Waals surface area contributed by atoms with E-state index in [4.69, 9.17) is 9.47 Å². The van der Waals surface area contributed by atoms with Gasteiger partial charge in [-0.05, 0) is 72.2 Å². The van der Waals surface area contributed by atoms with Crippen molar-refractivity contribution in [3.8, 4) is 11.5 Å². The summed E-state index contributed by atoms with van der Waals surface area (Å²) in [5.74, 6) is 0.866. The Morgan fingerprint density at radius 2 is 1.37 bits per heavy atom. The molecule has 4 aromatic carbocycles. The van der Waals surface area contributed by atoms with Crippen molar-refractivity contribution < 1.29 is 27.5 Å². The van der Waals surface area contributed by atoms with E-state index in [-0.39, 0.29) is 29.7 Å². The van der Waals surface area contributed by atoms with Gasteiger partial charge in [-0.2, -0.15) is 4.31 Å². The third-order valence-electron chi connectivity index (χ3n) is 8.88. The molecule has 1 aliphatic heterocycles. The Morgan fingerprint density at radius 3 is 2.00 bits per heavy atom. The van der Waals surface area contributed by atoms with Gasteiger partial charge >= 0.3 is 0 Å². The molecular weight excluding hydrogens is 639 g/mol. The standard InChI is InChI=1S/C39H45N3O6S/c1-47-36-21-17-32(28-37(36)48-2)23-24-40-39(44)35(27-31-11-5-3-6-12-31)42(29-33-13-7-4-8-14-33)38(43)22-18-30-15-19-34(20-16-30)49(45,46)41-25-9-10-26-41/h3-8,11-17,19-21,28,35H,9-10,18,22-27,29H2,1-2H3,(H,40,44)/t35-/m0/s1. The second-order valence-electron chi connectivity index (χ2n) is 12.2. The molecular formula is C39H45N3O6S. The monoisotopic (exact) mass is 683 g/mol. The number of rotatable bonds is 16. The van der Waals surface area contributed by atoms with Crippen molar-refractivity contribution in [1.29, 1.82) is 0 Å². The average Bonchev–Trinajstić information content (AvgIpc) is 3.69. The van der Waals surface area contributed by atoms with Gasteiger partial charge in [0, 0.05) is 39.0 Å². The van der Waals surface area contributed by atoms with Crippen LogP contribution in [0.25, 0.3) is 0 Å². The van der Waals surface area contributed by atoms with Crippen LogP contribution in [0.1, 0.15) is 41.5 Å². The van der Waals surface area contributed by atoms with Crippen molar-refractivity contribution in [2.75, 3.05) is 33.9 Å². The fourth-order valence-corrected chi connectivity index (χ4v) is 7.64. The molecule has 1 aliphatic rings. The minimum atomic E-state index is -3.52. The SMILES string of the molecule is COc1ccc(CCNC(=O)[C@H](Cc2ccccc2)N(Cc2ccccc2)C(=O)CCc2ccc(S(=O)(=O)N3CCCC3)cc2)cc1OC. The molecule has 1 N–H and O–H groups in total. The predicted octanol–water partition coefficient (Wildman–Crippen LogP) is 5.42. The fourth-order valence-electron chi connectivity index (χ4n) is 6.12. The second-order valence-corrected chi connectivity index (χ2v) is 14.1. The molecule has 1 atom stereocenters. The van der Waals surface area contributed by atoms with Crippen molar-refractivity contribution in [1.82, 2.24) is 14.5 Å². The van der Waals surface area contributed by atoms with Crippen LogP contribution in [0.15, 0.2) is 108 Å². The van der Waals surface area contributed by atoms with Gasteiger partial charge in [-0.25, -0.2) is 8.42 Å². The van der Waals surface area contributed by atoms with E-state index in [0.717, 1.165) is 35.1 Å². The first-order valence-electron chi connectivity index (χ1n) is 16.7. The molecule has 2 amide bonds. The Balaban J connectivity index is 1.33. The average molecular weight is 684 g/mol. The maximum atomic E-state index is 14.1. The zero-order chi connectivity index (χ0) is 34.6. The highest BCUT2D eigenvalue weighted by Crippen LogP contribution is 2.28. The van der Waals surface area contributed by atoms with Crippen LogP contribution in [-0.4, -0.2) is 69.3 Å². The molecule has 10 heteroatoms. The first-order chi connectivity index (χ1) is 23.8. The topological polar surface area (TPSA) is 105 Å². The number of hydrogen-bond acceptors (Lipinski definition) is 6. The first kappa shape index (κ1) is 35.6. The summed E-state index contributed by atoms with van der Waals surface area (Å²) in [5, 5.41) is 3.09. The van der Waals surface area contributed by atoms with Crippen molar-refractivity contribution in [2.24, 2.45) is 0 Å². The number of ether oxygens (including phenoxy) is 2. The van der Waals surface area contributed by atoms with Crippen molar-refractivity contribution in [3.63, 3.8) is 0 Å². The summed E-state index contributed by atoms with van der Waals surface area (Å²) in [6.07, 6.45) is 3.24. The molecule has 0 unspecified atom stereocenters. The first-order valence-corrected chi connectivity index (χ1v) is 18.2. The predicted molar refractivity (Wildman–Crippen MR) is 190 cm³/mol. The van der Waals surface area contributed by atoms with Crippen LogP contribution in [-0.2, 0) is 45.4 Å². The Bertz CT molecular complexity index is 1780. The van der Waals surface area contributed by atoms with Crippen LogP contribution in [0.3, 0.4) is 0 Å². The maximum absolute atomic E-state index is 14.1.